The van der Waals surface area contributed by atoms with Gasteiger partial charge >= 0.3 is 0 Å². The minimum absolute atomic E-state index is 0.0498. The second kappa shape index (κ2) is 11.3. The Balaban J connectivity index is 1.14. The number of aromatic nitrogens is 2. The van der Waals surface area contributed by atoms with E-state index >= 15 is 0 Å². The Morgan fingerprint density at radius 2 is 1.15 bits per heavy atom. The van der Waals surface area contributed by atoms with Crippen LogP contribution < -0.4 is 16.4 Å². The van der Waals surface area contributed by atoms with Crippen molar-refractivity contribution in [3.63, 3.8) is 0 Å². The molecular weight excluding hydrogens is 659 g/mol. The first-order valence-corrected chi connectivity index (χ1v) is 20.9. The summed E-state index contributed by atoms with van der Waals surface area (Å²) in [5, 5.41) is 2.88. The maximum Gasteiger partial charge on any atom is 0.244 e. The molecule has 5 aromatic carbocycles. The standard InChI is InChI=1S/C49H47BN2S/c1-48(2,3)30-26-38-47-46(27-30)53-45-29-32(52-43-20-12-8-16-35(43)36-17-9-13-21-44(36)52)23-25-40(45)50(47)39-24-22-31(28-37(39)49(38,4)5)51-41-18-10-6-14-33(41)34-15-7-11-19-42(34)51/h6,8,10,12,14,16,18,20,22-29H,7,9,11,13,15,17,19,21H2,1-5H3. The molecule has 0 bridgehead atoms. The van der Waals surface area contributed by atoms with E-state index in [1.807, 2.05) is 11.8 Å². The van der Waals surface area contributed by atoms with E-state index in [0.29, 0.717) is 0 Å². The Bertz CT molecular complexity index is 2680. The van der Waals surface area contributed by atoms with Gasteiger partial charge in [0.25, 0.3) is 0 Å². The van der Waals surface area contributed by atoms with Crippen LogP contribution in [0.5, 0.6) is 0 Å². The first kappa shape index (κ1) is 32.1. The summed E-state index contributed by atoms with van der Waals surface area (Å²) in [4.78, 5) is 2.84. The van der Waals surface area contributed by atoms with Crippen LogP contribution in [0.15, 0.2) is 107 Å². The third-order valence-corrected chi connectivity index (χ3v) is 14.5. The summed E-state index contributed by atoms with van der Waals surface area (Å²) in [5.41, 5.74) is 20.3. The number of nitrogens with zero attached hydrogens (tertiary/aromatic N) is 2. The molecule has 0 radical (unpaired) electrons. The lowest BCUT2D eigenvalue weighted by atomic mass is 9.31. The molecule has 53 heavy (non-hydrogen) atoms. The van der Waals surface area contributed by atoms with E-state index in [1.165, 1.54) is 126 Å². The number of para-hydroxylation sites is 2. The van der Waals surface area contributed by atoms with Crippen LogP contribution in [0, 0.1) is 0 Å². The second-order valence-corrected chi connectivity index (χ2v) is 18.9. The Morgan fingerprint density at radius 1 is 0.585 bits per heavy atom. The quantitative estimate of drug-likeness (QED) is 0.163. The topological polar surface area (TPSA) is 9.86 Å². The van der Waals surface area contributed by atoms with Crippen molar-refractivity contribution in [3.05, 3.63) is 136 Å². The molecule has 0 N–H and O–H groups in total. The molecule has 11 rings (SSSR count). The average molecular weight is 707 g/mol. The molecular formula is C49H47BN2S. The van der Waals surface area contributed by atoms with Gasteiger partial charge in [-0.15, -0.1) is 0 Å². The van der Waals surface area contributed by atoms with E-state index < -0.39 is 0 Å². The Labute approximate surface area is 318 Å². The van der Waals surface area contributed by atoms with Crippen LogP contribution in [-0.4, -0.2) is 15.8 Å². The highest BCUT2D eigenvalue weighted by Crippen LogP contribution is 2.44. The van der Waals surface area contributed by atoms with Crippen LogP contribution >= 0.6 is 11.8 Å². The Morgan fingerprint density at radius 3 is 1.77 bits per heavy atom. The average Bonchev–Trinajstić information content (AvgIpc) is 3.68. The molecule has 2 aliphatic heterocycles. The summed E-state index contributed by atoms with van der Waals surface area (Å²) in [6.45, 7) is 12.3. The lowest BCUT2D eigenvalue weighted by molar-refractivity contribution is 0.580. The molecule has 0 saturated heterocycles. The third-order valence-electron chi connectivity index (χ3n) is 13.4. The Kier molecular flexibility index (Phi) is 6.84. The van der Waals surface area contributed by atoms with Gasteiger partial charge in [0.15, 0.2) is 0 Å². The number of hydrogen-bond donors (Lipinski definition) is 0. The maximum atomic E-state index is 2.62. The van der Waals surface area contributed by atoms with Crippen LogP contribution in [0.25, 0.3) is 33.2 Å². The predicted molar refractivity (Wildman–Crippen MR) is 226 cm³/mol. The molecule has 0 fully saturated rings. The number of fused-ring (bicyclic) bond motifs is 10. The summed E-state index contributed by atoms with van der Waals surface area (Å²) in [5.74, 6) is 0. The number of rotatable bonds is 2. The van der Waals surface area contributed by atoms with E-state index in [2.05, 4.69) is 141 Å². The van der Waals surface area contributed by atoms with Crippen LogP contribution in [0.3, 0.4) is 0 Å². The fourth-order valence-corrected chi connectivity index (χ4v) is 12.0. The van der Waals surface area contributed by atoms with Crippen LogP contribution in [0.2, 0.25) is 0 Å². The molecule has 2 aromatic heterocycles. The van der Waals surface area contributed by atoms with Gasteiger partial charge in [0.2, 0.25) is 6.71 Å². The van der Waals surface area contributed by atoms with Gasteiger partial charge < -0.3 is 9.13 Å². The van der Waals surface area contributed by atoms with Crippen molar-refractivity contribution < 1.29 is 0 Å². The van der Waals surface area contributed by atoms with Crippen molar-refractivity contribution in [1.82, 2.24) is 9.13 Å². The monoisotopic (exact) mass is 706 g/mol. The van der Waals surface area contributed by atoms with E-state index in [4.69, 9.17) is 0 Å². The smallest absolute Gasteiger partial charge is 0.244 e. The SMILES string of the molecule is CC(C)(C)c1cc2c3c(c1)C(C)(C)c1cc(-n4c5c(c6ccccc64)CCCC5)ccc1B3c1ccc(-n3c4c(c5ccccc53)CCCC4)cc1S2. The summed E-state index contributed by atoms with van der Waals surface area (Å²) >= 11 is 2.01. The third kappa shape index (κ3) is 4.54. The zero-order valence-electron chi connectivity index (χ0n) is 31.8. The summed E-state index contributed by atoms with van der Waals surface area (Å²) in [6, 6.07) is 38.3. The minimum atomic E-state index is -0.142. The van der Waals surface area contributed by atoms with E-state index in [-0.39, 0.29) is 17.5 Å². The predicted octanol–water partition coefficient (Wildman–Crippen LogP) is 10.2. The van der Waals surface area contributed by atoms with Crippen LogP contribution in [0.1, 0.15) is 99.5 Å². The van der Waals surface area contributed by atoms with Crippen molar-refractivity contribution >= 4 is 56.7 Å². The van der Waals surface area contributed by atoms with Crippen molar-refractivity contribution in [2.45, 2.75) is 107 Å². The fraction of sp³-hybridized carbons (Fsp3) is 0.306. The summed E-state index contributed by atoms with van der Waals surface area (Å²) in [7, 11) is 0. The second-order valence-electron chi connectivity index (χ2n) is 17.8. The normalized spacial score (nSPS) is 17.0. The fourth-order valence-electron chi connectivity index (χ4n) is 10.7. The van der Waals surface area contributed by atoms with Crippen molar-refractivity contribution in [2.24, 2.45) is 0 Å². The van der Waals surface area contributed by atoms with E-state index in [9.17, 15) is 0 Å². The van der Waals surface area contributed by atoms with Gasteiger partial charge in [-0.25, -0.2) is 0 Å². The van der Waals surface area contributed by atoms with Crippen molar-refractivity contribution in [1.29, 1.82) is 0 Å². The van der Waals surface area contributed by atoms with E-state index in [0.717, 1.165) is 12.8 Å². The van der Waals surface area contributed by atoms with Crippen LogP contribution in [-0.2, 0) is 36.5 Å². The molecule has 4 heterocycles. The van der Waals surface area contributed by atoms with Crippen molar-refractivity contribution in [2.75, 3.05) is 0 Å². The van der Waals surface area contributed by atoms with Gasteiger partial charge in [-0.2, -0.15) is 0 Å². The molecule has 0 unspecified atom stereocenters. The molecule has 2 aliphatic carbocycles. The van der Waals surface area contributed by atoms with Gasteiger partial charge in [0.05, 0.1) is 11.0 Å². The zero-order chi connectivity index (χ0) is 35.8. The maximum absolute atomic E-state index is 2.62. The molecule has 0 spiro atoms. The first-order valence-electron chi connectivity index (χ1n) is 20.1. The molecule has 2 nitrogen and oxygen atoms in total. The van der Waals surface area contributed by atoms with Gasteiger partial charge in [-0.05, 0) is 127 Å². The lowest BCUT2D eigenvalue weighted by Gasteiger charge is -2.43. The molecule has 262 valence electrons. The number of benzene rings is 5. The zero-order valence-corrected chi connectivity index (χ0v) is 32.6. The van der Waals surface area contributed by atoms with Gasteiger partial charge in [0.1, 0.15) is 0 Å². The Hall–Kier alpha value is -4.41. The highest BCUT2D eigenvalue weighted by Gasteiger charge is 2.45. The minimum Gasteiger partial charge on any atom is -0.313 e. The molecule has 4 aliphatic rings. The summed E-state index contributed by atoms with van der Waals surface area (Å²) < 4.78 is 5.22. The van der Waals surface area contributed by atoms with Gasteiger partial charge in [0, 0.05) is 48.7 Å². The van der Waals surface area contributed by atoms with Crippen LogP contribution in [0.4, 0.5) is 0 Å². The van der Waals surface area contributed by atoms with Gasteiger partial charge in [-0.1, -0.05) is 117 Å². The molecule has 0 amide bonds. The molecule has 0 saturated carbocycles. The molecule has 7 aromatic rings. The summed E-state index contributed by atoms with van der Waals surface area (Å²) in [6.07, 6.45) is 9.80. The van der Waals surface area contributed by atoms with Gasteiger partial charge in [-0.3, -0.25) is 0 Å². The van der Waals surface area contributed by atoms with E-state index in [1.54, 1.807) is 11.1 Å². The lowest BCUT2D eigenvalue weighted by Crippen LogP contribution is -2.63. The molecule has 4 heteroatoms. The number of aryl methyl sites for hydroxylation is 2. The highest BCUT2D eigenvalue weighted by atomic mass is 32.2. The number of hydrogen-bond acceptors (Lipinski definition) is 1. The van der Waals surface area contributed by atoms with Crippen molar-refractivity contribution in [3.8, 4) is 11.4 Å². The highest BCUT2D eigenvalue weighted by molar-refractivity contribution is 8.00. The molecule has 0 atom stereocenters. The first-order chi connectivity index (χ1) is 25.7. The largest absolute Gasteiger partial charge is 0.313 e.